The third-order valence-corrected chi connectivity index (χ3v) is 3.71. The maximum Gasteiger partial charge on any atom is 0.241 e. The molecule has 1 aromatic rings. The Morgan fingerprint density at radius 1 is 1.25 bits per heavy atom. The second-order valence-electron chi connectivity index (χ2n) is 5.55. The molecule has 1 aliphatic heterocycles. The van der Waals surface area contributed by atoms with E-state index in [1.54, 1.807) is 0 Å². The predicted molar refractivity (Wildman–Crippen MR) is 82.6 cm³/mol. The molecule has 0 radical (unpaired) electrons. The quantitative estimate of drug-likeness (QED) is 0.843. The molecule has 1 amide bonds. The molecule has 0 spiro atoms. The Labute approximate surface area is 121 Å². The minimum Gasteiger partial charge on any atom is -0.304 e. The van der Waals surface area contributed by atoms with Crippen molar-refractivity contribution in [2.75, 3.05) is 38.2 Å². The zero-order chi connectivity index (χ0) is 14.5. The number of hydrazine groups is 1. The van der Waals surface area contributed by atoms with E-state index < -0.39 is 0 Å². The Morgan fingerprint density at radius 2 is 1.95 bits per heavy atom. The molecule has 0 saturated carbocycles. The van der Waals surface area contributed by atoms with Gasteiger partial charge in [-0.3, -0.25) is 4.79 Å². The van der Waals surface area contributed by atoms with Crippen LogP contribution in [-0.4, -0.2) is 49.0 Å². The van der Waals surface area contributed by atoms with Crippen LogP contribution >= 0.6 is 0 Å². The molecule has 1 heterocycles. The van der Waals surface area contributed by atoms with E-state index in [4.69, 9.17) is 0 Å². The first-order valence-electron chi connectivity index (χ1n) is 7.45. The molecule has 0 N–H and O–H groups in total. The zero-order valence-corrected chi connectivity index (χ0v) is 12.8. The van der Waals surface area contributed by atoms with E-state index >= 15 is 0 Å². The number of hydrogen-bond donors (Lipinski definition) is 0. The van der Waals surface area contributed by atoms with E-state index in [1.165, 1.54) is 5.56 Å². The number of rotatable bonds is 4. The largest absolute Gasteiger partial charge is 0.304 e. The third-order valence-electron chi connectivity index (χ3n) is 3.71. The summed E-state index contributed by atoms with van der Waals surface area (Å²) in [7, 11) is 2.13. The Morgan fingerprint density at radius 3 is 2.55 bits per heavy atom. The number of amides is 1. The van der Waals surface area contributed by atoms with Crippen LogP contribution in [0.4, 0.5) is 5.69 Å². The first kappa shape index (κ1) is 15.0. The molecule has 0 aliphatic carbocycles. The van der Waals surface area contributed by atoms with Crippen molar-refractivity contribution in [2.45, 2.75) is 26.7 Å². The smallest absolute Gasteiger partial charge is 0.241 e. The highest BCUT2D eigenvalue weighted by Gasteiger charge is 2.25. The lowest BCUT2D eigenvalue weighted by Gasteiger charge is -2.40. The van der Waals surface area contributed by atoms with E-state index in [-0.39, 0.29) is 5.91 Å². The van der Waals surface area contributed by atoms with Gasteiger partial charge in [0.15, 0.2) is 0 Å². The number of aryl methyl sites for hydroxylation is 1. The van der Waals surface area contributed by atoms with E-state index in [0.29, 0.717) is 6.42 Å². The summed E-state index contributed by atoms with van der Waals surface area (Å²) in [6, 6.07) is 8.20. The number of hydrogen-bond acceptors (Lipinski definition) is 3. The SMILES string of the molecule is CCCC(=O)N(c1cccc(C)c1)N1CCN(C)CC1. The molecule has 0 unspecified atom stereocenters. The molecule has 4 heteroatoms. The van der Waals surface area contributed by atoms with Gasteiger partial charge in [0.2, 0.25) is 5.91 Å². The number of carbonyl (C=O) groups is 1. The number of nitrogens with zero attached hydrogens (tertiary/aromatic N) is 3. The number of carbonyl (C=O) groups excluding carboxylic acids is 1. The second kappa shape index (κ2) is 6.86. The molecular formula is C16H25N3O. The van der Waals surface area contributed by atoms with Gasteiger partial charge >= 0.3 is 0 Å². The van der Waals surface area contributed by atoms with Crippen LogP contribution in [0.2, 0.25) is 0 Å². The lowest BCUT2D eigenvalue weighted by atomic mass is 10.2. The van der Waals surface area contributed by atoms with Crippen molar-refractivity contribution in [2.24, 2.45) is 0 Å². The first-order chi connectivity index (χ1) is 9.61. The van der Waals surface area contributed by atoms with Crippen LogP contribution in [0.1, 0.15) is 25.3 Å². The fourth-order valence-electron chi connectivity index (χ4n) is 2.54. The van der Waals surface area contributed by atoms with Crippen LogP contribution < -0.4 is 5.01 Å². The molecule has 0 bridgehead atoms. The molecule has 0 aromatic heterocycles. The van der Waals surface area contributed by atoms with Gasteiger partial charge in [-0.1, -0.05) is 19.1 Å². The molecule has 1 fully saturated rings. The summed E-state index contributed by atoms with van der Waals surface area (Å²) in [4.78, 5) is 14.8. The number of anilines is 1. The summed E-state index contributed by atoms with van der Waals surface area (Å²) in [5.74, 6) is 0.197. The van der Waals surface area contributed by atoms with Crippen molar-refractivity contribution in [3.8, 4) is 0 Å². The van der Waals surface area contributed by atoms with E-state index in [1.807, 2.05) is 17.1 Å². The minimum atomic E-state index is 0.197. The second-order valence-corrected chi connectivity index (χ2v) is 5.55. The van der Waals surface area contributed by atoms with E-state index in [9.17, 15) is 4.79 Å². The van der Waals surface area contributed by atoms with E-state index in [0.717, 1.165) is 38.3 Å². The normalized spacial score (nSPS) is 17.1. The molecule has 0 atom stereocenters. The molecule has 20 heavy (non-hydrogen) atoms. The first-order valence-corrected chi connectivity index (χ1v) is 7.45. The van der Waals surface area contributed by atoms with Gasteiger partial charge in [0, 0.05) is 32.6 Å². The number of benzene rings is 1. The Bertz CT molecular complexity index is 453. The Kier molecular flexibility index (Phi) is 5.15. The summed E-state index contributed by atoms with van der Waals surface area (Å²) in [5, 5.41) is 4.08. The van der Waals surface area contributed by atoms with E-state index in [2.05, 4.69) is 42.9 Å². The van der Waals surface area contributed by atoms with Gasteiger partial charge in [-0.15, -0.1) is 0 Å². The van der Waals surface area contributed by atoms with Crippen LogP contribution in [0.25, 0.3) is 0 Å². The predicted octanol–water partition coefficient (Wildman–Crippen LogP) is 2.29. The van der Waals surface area contributed by atoms with Gasteiger partial charge in [0.25, 0.3) is 0 Å². The topological polar surface area (TPSA) is 26.8 Å². The highest BCUT2D eigenvalue weighted by Crippen LogP contribution is 2.20. The minimum absolute atomic E-state index is 0.197. The van der Waals surface area contributed by atoms with Gasteiger partial charge in [0.1, 0.15) is 0 Å². The van der Waals surface area contributed by atoms with Crippen LogP contribution in [0.15, 0.2) is 24.3 Å². The summed E-state index contributed by atoms with van der Waals surface area (Å²) in [6.07, 6.45) is 1.48. The van der Waals surface area contributed by atoms with Crippen molar-refractivity contribution < 1.29 is 4.79 Å². The maximum absolute atomic E-state index is 12.5. The molecular weight excluding hydrogens is 250 g/mol. The molecule has 4 nitrogen and oxygen atoms in total. The van der Waals surface area contributed by atoms with Crippen molar-refractivity contribution in [3.05, 3.63) is 29.8 Å². The fraction of sp³-hybridized carbons (Fsp3) is 0.562. The van der Waals surface area contributed by atoms with Crippen LogP contribution in [0, 0.1) is 6.92 Å². The van der Waals surface area contributed by atoms with Gasteiger partial charge < -0.3 is 4.90 Å². The highest BCUT2D eigenvalue weighted by atomic mass is 16.2. The summed E-state index contributed by atoms with van der Waals surface area (Å²) < 4.78 is 0. The molecule has 2 rings (SSSR count). The molecule has 110 valence electrons. The summed E-state index contributed by atoms with van der Waals surface area (Å²) >= 11 is 0. The lowest BCUT2D eigenvalue weighted by Crippen LogP contribution is -2.55. The van der Waals surface area contributed by atoms with Crippen molar-refractivity contribution in [1.82, 2.24) is 9.91 Å². The molecule has 1 aliphatic rings. The van der Waals surface area contributed by atoms with Crippen LogP contribution in [-0.2, 0) is 4.79 Å². The fourth-order valence-corrected chi connectivity index (χ4v) is 2.54. The summed E-state index contributed by atoms with van der Waals surface area (Å²) in [6.45, 7) is 7.93. The van der Waals surface area contributed by atoms with Gasteiger partial charge in [-0.25, -0.2) is 10.0 Å². The monoisotopic (exact) mass is 275 g/mol. The number of piperazine rings is 1. The van der Waals surface area contributed by atoms with Crippen molar-refractivity contribution >= 4 is 11.6 Å². The average molecular weight is 275 g/mol. The average Bonchev–Trinajstić information content (AvgIpc) is 2.42. The van der Waals surface area contributed by atoms with Crippen LogP contribution in [0.5, 0.6) is 0 Å². The lowest BCUT2D eigenvalue weighted by molar-refractivity contribution is -0.122. The Hall–Kier alpha value is -1.39. The third kappa shape index (κ3) is 3.58. The molecule has 1 saturated heterocycles. The van der Waals surface area contributed by atoms with Gasteiger partial charge in [0.05, 0.1) is 5.69 Å². The zero-order valence-electron chi connectivity index (χ0n) is 12.8. The summed E-state index contributed by atoms with van der Waals surface area (Å²) in [5.41, 5.74) is 2.18. The standard InChI is InChI=1S/C16H25N3O/c1-4-6-16(20)19(15-8-5-7-14(2)13-15)18-11-9-17(3)10-12-18/h5,7-8,13H,4,6,9-12H2,1-3H3. The maximum atomic E-state index is 12.5. The van der Waals surface area contributed by atoms with Crippen molar-refractivity contribution in [1.29, 1.82) is 0 Å². The van der Waals surface area contributed by atoms with Crippen molar-refractivity contribution in [3.63, 3.8) is 0 Å². The molecule has 1 aromatic carbocycles. The van der Waals surface area contributed by atoms with Crippen LogP contribution in [0.3, 0.4) is 0 Å². The highest BCUT2D eigenvalue weighted by molar-refractivity contribution is 5.92. The van der Waals surface area contributed by atoms with Gasteiger partial charge in [-0.05, 0) is 38.1 Å². The Balaban J connectivity index is 2.22. The number of likely N-dealkylation sites (N-methyl/N-ethyl adjacent to an activating group) is 1. The van der Waals surface area contributed by atoms with Gasteiger partial charge in [-0.2, -0.15) is 0 Å².